The highest BCUT2D eigenvalue weighted by Gasteiger charge is 2.34. The van der Waals surface area contributed by atoms with Crippen molar-refractivity contribution >= 4 is 21.6 Å². The Morgan fingerprint density at radius 2 is 1.58 bits per heavy atom. The number of nitrogens with one attached hydrogen (secondary N) is 1. The van der Waals surface area contributed by atoms with Crippen molar-refractivity contribution in [3.05, 3.63) is 35.2 Å². The number of benzene rings is 1. The highest BCUT2D eigenvalue weighted by Crippen LogP contribution is 2.32. The number of aromatic nitrogens is 1. The van der Waals surface area contributed by atoms with Crippen LogP contribution in [-0.4, -0.2) is 51.1 Å². The van der Waals surface area contributed by atoms with Gasteiger partial charge in [0.2, 0.25) is 0 Å². The number of anilines is 1. The molecule has 0 atom stereocenters. The van der Waals surface area contributed by atoms with E-state index in [1.807, 2.05) is 0 Å². The summed E-state index contributed by atoms with van der Waals surface area (Å²) in [6, 6.07) is 4.79. The fraction of sp³-hybridized carbons (Fsp3) is 0.500. The maximum absolute atomic E-state index is 13.5. The molecule has 170 valence electrons. The van der Waals surface area contributed by atoms with Crippen LogP contribution in [0.1, 0.15) is 41.5 Å². The molecule has 0 aliphatic carbocycles. The normalized spacial score (nSPS) is 15.1. The Hall–Kier alpha value is -2.68. The van der Waals surface area contributed by atoms with Gasteiger partial charge in [-0.1, -0.05) is 6.92 Å². The average Bonchev–Trinajstić information content (AvgIpc) is 2.97. The van der Waals surface area contributed by atoms with Crippen molar-refractivity contribution in [2.75, 3.05) is 32.0 Å². The molecule has 1 aromatic heterocycles. The summed E-state index contributed by atoms with van der Waals surface area (Å²) in [5.74, 6) is 1.24. The molecule has 1 N–H and O–H groups in total. The number of nitrogens with zero attached hydrogens (tertiary/aromatic N) is 2. The molecule has 9 heteroatoms. The second-order valence-electron chi connectivity index (χ2n) is 8.12. The third-order valence-corrected chi connectivity index (χ3v) is 7.62. The van der Waals surface area contributed by atoms with Crippen molar-refractivity contribution in [1.29, 1.82) is 0 Å². The molecule has 1 fully saturated rings. The zero-order valence-electron chi connectivity index (χ0n) is 19.0. The molecule has 0 radical (unpaired) electrons. The fourth-order valence-electron chi connectivity index (χ4n) is 3.94. The molecular formula is C22H31N3O5S. The molecule has 0 saturated carbocycles. The Labute approximate surface area is 184 Å². The van der Waals surface area contributed by atoms with Crippen molar-refractivity contribution in [3.8, 4) is 11.5 Å². The smallest absolute Gasteiger partial charge is 0.264 e. The molecule has 1 aliphatic heterocycles. The largest absolute Gasteiger partial charge is 0.497 e. The van der Waals surface area contributed by atoms with Gasteiger partial charge in [-0.2, -0.15) is 0 Å². The SMILES string of the molecule is COc1cc(NS(=O)(=O)c2c(C(=O)N3CCC(C)CC3)c(C)n(C)c2C)cc(OC)c1. The Balaban J connectivity index is 2.04. The monoisotopic (exact) mass is 449 g/mol. The summed E-state index contributed by atoms with van der Waals surface area (Å²) < 4.78 is 41.8. The standard InChI is InChI=1S/C22H31N3O5S/c1-14-7-9-25(10-8-14)22(26)20-15(2)24(4)16(3)21(20)31(27,28)23-17-11-18(29-5)13-19(12-17)30-6/h11-14,23H,7-10H2,1-6H3. The number of ether oxygens (including phenoxy) is 2. The van der Waals surface area contributed by atoms with E-state index in [-0.39, 0.29) is 16.4 Å². The number of amides is 1. The van der Waals surface area contributed by atoms with E-state index in [0.29, 0.717) is 47.6 Å². The van der Waals surface area contributed by atoms with Crippen LogP contribution in [0.4, 0.5) is 5.69 Å². The number of hydrogen-bond acceptors (Lipinski definition) is 5. The van der Waals surface area contributed by atoms with Gasteiger partial charge in [0, 0.05) is 49.7 Å². The van der Waals surface area contributed by atoms with Crippen molar-refractivity contribution in [3.63, 3.8) is 0 Å². The quantitative estimate of drug-likeness (QED) is 0.731. The Bertz CT molecular complexity index is 1060. The maximum Gasteiger partial charge on any atom is 0.264 e. The fourth-order valence-corrected chi connectivity index (χ4v) is 5.50. The molecule has 2 aromatic rings. The second-order valence-corrected chi connectivity index (χ2v) is 9.73. The average molecular weight is 450 g/mol. The summed E-state index contributed by atoms with van der Waals surface area (Å²) in [5, 5.41) is 0. The van der Waals surface area contributed by atoms with E-state index in [0.717, 1.165) is 12.8 Å². The van der Waals surface area contributed by atoms with Crippen LogP contribution >= 0.6 is 0 Å². The van der Waals surface area contributed by atoms with Gasteiger partial charge in [-0.25, -0.2) is 8.42 Å². The summed E-state index contributed by atoms with van der Waals surface area (Å²) >= 11 is 0. The molecule has 3 rings (SSSR count). The topological polar surface area (TPSA) is 89.9 Å². The highest BCUT2D eigenvalue weighted by atomic mass is 32.2. The number of likely N-dealkylation sites (tertiary alicyclic amines) is 1. The summed E-state index contributed by atoms with van der Waals surface area (Å²) in [4.78, 5) is 15.2. The van der Waals surface area contributed by atoms with Gasteiger partial charge >= 0.3 is 0 Å². The van der Waals surface area contributed by atoms with Crippen LogP contribution in [0.25, 0.3) is 0 Å². The zero-order valence-corrected chi connectivity index (χ0v) is 19.8. The molecule has 1 aliphatic rings. The summed E-state index contributed by atoms with van der Waals surface area (Å²) in [7, 11) is 0.709. The predicted octanol–water partition coefficient (Wildman–Crippen LogP) is 3.33. The third-order valence-electron chi connectivity index (χ3n) is 6.08. The summed E-state index contributed by atoms with van der Waals surface area (Å²) in [6.45, 7) is 6.92. The van der Waals surface area contributed by atoms with Gasteiger partial charge in [0.25, 0.3) is 15.9 Å². The third kappa shape index (κ3) is 4.51. The van der Waals surface area contributed by atoms with E-state index >= 15 is 0 Å². The summed E-state index contributed by atoms with van der Waals surface area (Å²) in [5.41, 5.74) is 1.66. The molecule has 31 heavy (non-hydrogen) atoms. The van der Waals surface area contributed by atoms with Gasteiger partial charge in [0.15, 0.2) is 0 Å². The van der Waals surface area contributed by atoms with E-state index < -0.39 is 10.0 Å². The van der Waals surface area contributed by atoms with Crippen LogP contribution in [0, 0.1) is 19.8 Å². The van der Waals surface area contributed by atoms with Crippen LogP contribution in [0.15, 0.2) is 23.1 Å². The van der Waals surface area contributed by atoms with Crippen LogP contribution in [0.5, 0.6) is 11.5 Å². The van der Waals surface area contributed by atoms with E-state index in [9.17, 15) is 13.2 Å². The van der Waals surface area contributed by atoms with Crippen molar-refractivity contribution in [1.82, 2.24) is 9.47 Å². The van der Waals surface area contributed by atoms with E-state index in [1.165, 1.54) is 14.2 Å². The first kappa shape index (κ1) is 23.0. The van der Waals surface area contributed by atoms with Crippen LogP contribution < -0.4 is 14.2 Å². The minimum absolute atomic E-state index is 0.0120. The molecule has 1 saturated heterocycles. The lowest BCUT2D eigenvalue weighted by Gasteiger charge is -2.30. The first-order valence-corrected chi connectivity index (χ1v) is 11.8. The minimum Gasteiger partial charge on any atom is -0.497 e. The first-order chi connectivity index (χ1) is 14.6. The lowest BCUT2D eigenvalue weighted by Crippen LogP contribution is -2.38. The van der Waals surface area contributed by atoms with E-state index in [2.05, 4.69) is 11.6 Å². The van der Waals surface area contributed by atoms with E-state index in [1.54, 1.807) is 48.6 Å². The predicted molar refractivity (Wildman–Crippen MR) is 120 cm³/mol. The number of sulfonamides is 1. The molecule has 2 heterocycles. The van der Waals surface area contributed by atoms with Gasteiger partial charge < -0.3 is 18.9 Å². The first-order valence-electron chi connectivity index (χ1n) is 10.3. The molecule has 0 bridgehead atoms. The number of rotatable bonds is 6. The number of carbonyl (C=O) groups excluding carboxylic acids is 1. The van der Waals surface area contributed by atoms with Crippen molar-refractivity contribution in [2.45, 2.75) is 38.5 Å². The lowest BCUT2D eigenvalue weighted by molar-refractivity contribution is 0.0692. The van der Waals surface area contributed by atoms with Gasteiger partial charge in [-0.05, 0) is 32.6 Å². The number of methoxy groups -OCH3 is 2. The molecule has 1 aromatic carbocycles. The van der Waals surface area contributed by atoms with Gasteiger partial charge in [-0.3, -0.25) is 9.52 Å². The lowest BCUT2D eigenvalue weighted by atomic mass is 9.98. The Morgan fingerprint density at radius 3 is 2.10 bits per heavy atom. The van der Waals surface area contributed by atoms with Gasteiger partial charge in [0.05, 0.1) is 25.5 Å². The number of hydrogen-bond donors (Lipinski definition) is 1. The molecule has 0 unspecified atom stereocenters. The van der Waals surface area contributed by atoms with Crippen LogP contribution in [0.3, 0.4) is 0 Å². The molecule has 8 nitrogen and oxygen atoms in total. The second kappa shape index (κ2) is 8.82. The van der Waals surface area contributed by atoms with Crippen LogP contribution in [-0.2, 0) is 17.1 Å². The van der Waals surface area contributed by atoms with Gasteiger partial charge in [-0.15, -0.1) is 0 Å². The molecule has 1 amide bonds. The molecular weight excluding hydrogens is 418 g/mol. The van der Waals surface area contributed by atoms with E-state index in [4.69, 9.17) is 9.47 Å². The van der Waals surface area contributed by atoms with Gasteiger partial charge in [0.1, 0.15) is 16.4 Å². The van der Waals surface area contributed by atoms with Crippen LogP contribution in [0.2, 0.25) is 0 Å². The van der Waals surface area contributed by atoms with Crippen molar-refractivity contribution < 1.29 is 22.7 Å². The maximum atomic E-state index is 13.5. The Kier molecular flexibility index (Phi) is 6.54. The molecule has 0 spiro atoms. The number of piperidine rings is 1. The zero-order chi connectivity index (χ0) is 22.9. The number of carbonyl (C=O) groups is 1. The minimum atomic E-state index is -4.05. The Morgan fingerprint density at radius 1 is 1.03 bits per heavy atom. The summed E-state index contributed by atoms with van der Waals surface area (Å²) in [6.07, 6.45) is 1.83. The van der Waals surface area contributed by atoms with Crippen molar-refractivity contribution in [2.24, 2.45) is 13.0 Å². The highest BCUT2D eigenvalue weighted by molar-refractivity contribution is 7.92.